The van der Waals surface area contributed by atoms with Crippen LogP contribution in [0.2, 0.25) is 0 Å². The van der Waals surface area contributed by atoms with Gasteiger partial charge in [0.05, 0.1) is 0 Å². The summed E-state index contributed by atoms with van der Waals surface area (Å²) in [5, 5.41) is 3.50. The zero-order chi connectivity index (χ0) is 9.73. The average molecular weight is 183 g/mol. The van der Waals surface area contributed by atoms with Crippen molar-refractivity contribution in [2.75, 3.05) is 13.1 Å². The molecule has 1 rings (SSSR count). The van der Waals surface area contributed by atoms with Gasteiger partial charge in [0.15, 0.2) is 0 Å². The molecule has 1 fully saturated rings. The van der Waals surface area contributed by atoms with Crippen LogP contribution in [0.5, 0.6) is 0 Å². The van der Waals surface area contributed by atoms with Crippen LogP contribution in [0.25, 0.3) is 0 Å². The molecule has 1 saturated carbocycles. The van der Waals surface area contributed by atoms with Crippen LogP contribution < -0.4 is 5.32 Å². The van der Waals surface area contributed by atoms with E-state index >= 15 is 0 Å². The maximum absolute atomic E-state index is 3.50. The fourth-order valence-corrected chi connectivity index (χ4v) is 2.35. The second kappa shape index (κ2) is 4.99. The summed E-state index contributed by atoms with van der Waals surface area (Å²) in [7, 11) is 0. The molecule has 1 aliphatic rings. The Balaban J connectivity index is 2.18. The molecule has 0 spiro atoms. The second-order valence-corrected chi connectivity index (χ2v) is 4.88. The van der Waals surface area contributed by atoms with Crippen LogP contribution in [0.3, 0.4) is 0 Å². The first-order valence-electron chi connectivity index (χ1n) is 5.93. The Bertz CT molecular complexity index is 138. The number of nitrogens with one attached hydrogen (secondary N) is 1. The van der Waals surface area contributed by atoms with Crippen molar-refractivity contribution in [2.24, 2.45) is 11.3 Å². The predicted molar refractivity (Wildman–Crippen MR) is 58.9 cm³/mol. The van der Waals surface area contributed by atoms with Crippen molar-refractivity contribution < 1.29 is 0 Å². The molecule has 1 nitrogen and oxygen atoms in total. The van der Waals surface area contributed by atoms with E-state index in [2.05, 4.69) is 26.1 Å². The van der Waals surface area contributed by atoms with Crippen molar-refractivity contribution in [3.8, 4) is 0 Å². The van der Waals surface area contributed by atoms with Crippen molar-refractivity contribution in [2.45, 2.75) is 52.9 Å². The maximum atomic E-state index is 3.50. The normalized spacial score (nSPS) is 21.5. The highest BCUT2D eigenvalue weighted by Crippen LogP contribution is 2.50. The molecule has 13 heavy (non-hydrogen) atoms. The fraction of sp³-hybridized carbons (Fsp3) is 1.00. The first-order valence-corrected chi connectivity index (χ1v) is 5.93. The van der Waals surface area contributed by atoms with Gasteiger partial charge in [-0.1, -0.05) is 33.6 Å². The van der Waals surface area contributed by atoms with Crippen LogP contribution >= 0.6 is 0 Å². The number of hydrogen-bond donors (Lipinski definition) is 1. The number of rotatable bonds is 7. The van der Waals surface area contributed by atoms with Crippen LogP contribution in [-0.2, 0) is 0 Å². The lowest BCUT2D eigenvalue weighted by Crippen LogP contribution is -2.25. The lowest BCUT2D eigenvalue weighted by molar-refractivity contribution is 0.340. The lowest BCUT2D eigenvalue weighted by atomic mass is 9.90. The SMILES string of the molecule is CCCC(C)CC1(CNCC)CC1. The van der Waals surface area contributed by atoms with Gasteiger partial charge in [0, 0.05) is 6.54 Å². The maximum Gasteiger partial charge on any atom is 0.000780 e. The van der Waals surface area contributed by atoms with E-state index in [1.54, 1.807) is 0 Å². The highest BCUT2D eigenvalue weighted by Gasteiger charge is 2.42. The molecule has 0 aromatic rings. The molecule has 0 heterocycles. The zero-order valence-corrected chi connectivity index (χ0v) is 9.53. The van der Waals surface area contributed by atoms with Gasteiger partial charge in [-0.15, -0.1) is 0 Å². The smallest absolute Gasteiger partial charge is 0.000780 e. The van der Waals surface area contributed by atoms with Crippen molar-refractivity contribution in [1.82, 2.24) is 5.32 Å². The zero-order valence-electron chi connectivity index (χ0n) is 9.53. The van der Waals surface area contributed by atoms with E-state index in [9.17, 15) is 0 Å². The average Bonchev–Trinajstić information content (AvgIpc) is 2.82. The molecule has 78 valence electrons. The topological polar surface area (TPSA) is 12.0 Å². The van der Waals surface area contributed by atoms with Gasteiger partial charge in [-0.05, 0) is 37.1 Å². The third-order valence-electron chi connectivity index (χ3n) is 3.27. The summed E-state index contributed by atoms with van der Waals surface area (Å²) < 4.78 is 0. The van der Waals surface area contributed by atoms with E-state index < -0.39 is 0 Å². The fourth-order valence-electron chi connectivity index (χ4n) is 2.35. The molecule has 1 aliphatic carbocycles. The minimum absolute atomic E-state index is 0.713. The van der Waals surface area contributed by atoms with E-state index in [4.69, 9.17) is 0 Å². The van der Waals surface area contributed by atoms with E-state index in [1.807, 2.05) is 0 Å². The molecule has 1 atom stereocenters. The van der Waals surface area contributed by atoms with Crippen molar-refractivity contribution in [3.05, 3.63) is 0 Å². The van der Waals surface area contributed by atoms with Crippen LogP contribution in [0, 0.1) is 11.3 Å². The highest BCUT2D eigenvalue weighted by atomic mass is 14.9. The quantitative estimate of drug-likeness (QED) is 0.639. The monoisotopic (exact) mass is 183 g/mol. The van der Waals surface area contributed by atoms with Gasteiger partial charge >= 0.3 is 0 Å². The van der Waals surface area contributed by atoms with Crippen molar-refractivity contribution in [3.63, 3.8) is 0 Å². The lowest BCUT2D eigenvalue weighted by Gasteiger charge is -2.19. The van der Waals surface area contributed by atoms with Crippen LogP contribution in [0.1, 0.15) is 52.9 Å². The molecule has 0 aromatic carbocycles. The van der Waals surface area contributed by atoms with Gasteiger partial charge < -0.3 is 5.32 Å². The van der Waals surface area contributed by atoms with Crippen molar-refractivity contribution >= 4 is 0 Å². The Morgan fingerprint density at radius 3 is 2.46 bits per heavy atom. The van der Waals surface area contributed by atoms with Gasteiger partial charge in [-0.25, -0.2) is 0 Å². The second-order valence-electron chi connectivity index (χ2n) is 4.88. The Morgan fingerprint density at radius 1 is 1.31 bits per heavy atom. The molecule has 0 amide bonds. The first-order chi connectivity index (χ1) is 6.22. The minimum Gasteiger partial charge on any atom is -0.316 e. The summed E-state index contributed by atoms with van der Waals surface area (Å²) in [6, 6.07) is 0. The van der Waals surface area contributed by atoms with E-state index in [0.717, 1.165) is 12.5 Å². The molecular formula is C12H25N. The van der Waals surface area contributed by atoms with Gasteiger partial charge in [0.2, 0.25) is 0 Å². The molecule has 1 N–H and O–H groups in total. The summed E-state index contributed by atoms with van der Waals surface area (Å²) in [6.45, 7) is 9.29. The van der Waals surface area contributed by atoms with E-state index in [-0.39, 0.29) is 0 Å². The largest absolute Gasteiger partial charge is 0.316 e. The molecule has 1 heteroatoms. The molecule has 0 aromatic heterocycles. The molecular weight excluding hydrogens is 158 g/mol. The van der Waals surface area contributed by atoms with Gasteiger partial charge in [-0.2, -0.15) is 0 Å². The molecule has 0 bridgehead atoms. The summed E-state index contributed by atoms with van der Waals surface area (Å²) in [6.07, 6.45) is 7.14. The Hall–Kier alpha value is -0.0400. The Labute approximate surface area is 83.3 Å². The molecule has 0 radical (unpaired) electrons. The minimum atomic E-state index is 0.713. The van der Waals surface area contributed by atoms with Gasteiger partial charge in [0.25, 0.3) is 0 Å². The molecule has 1 unspecified atom stereocenters. The summed E-state index contributed by atoms with van der Waals surface area (Å²) in [5.41, 5.74) is 0.713. The predicted octanol–water partition coefficient (Wildman–Crippen LogP) is 3.20. The first kappa shape index (κ1) is 11.0. The molecule has 0 aliphatic heterocycles. The number of hydrogen-bond acceptors (Lipinski definition) is 1. The van der Waals surface area contributed by atoms with E-state index in [1.165, 1.54) is 38.6 Å². The van der Waals surface area contributed by atoms with Gasteiger partial charge in [-0.3, -0.25) is 0 Å². The van der Waals surface area contributed by atoms with E-state index in [0.29, 0.717) is 5.41 Å². The summed E-state index contributed by atoms with van der Waals surface area (Å²) in [5.74, 6) is 0.936. The highest BCUT2D eigenvalue weighted by molar-refractivity contribution is 4.95. The van der Waals surface area contributed by atoms with Crippen LogP contribution in [0.15, 0.2) is 0 Å². The Kier molecular flexibility index (Phi) is 4.24. The third kappa shape index (κ3) is 3.68. The third-order valence-corrected chi connectivity index (χ3v) is 3.27. The van der Waals surface area contributed by atoms with Crippen LogP contribution in [0.4, 0.5) is 0 Å². The Morgan fingerprint density at radius 2 is 2.00 bits per heavy atom. The summed E-state index contributed by atoms with van der Waals surface area (Å²) >= 11 is 0. The van der Waals surface area contributed by atoms with Crippen LogP contribution in [-0.4, -0.2) is 13.1 Å². The van der Waals surface area contributed by atoms with Crippen molar-refractivity contribution in [1.29, 1.82) is 0 Å². The standard InChI is InChI=1S/C12H25N/c1-4-6-11(3)9-12(7-8-12)10-13-5-2/h11,13H,4-10H2,1-3H3. The molecule has 0 saturated heterocycles. The summed E-state index contributed by atoms with van der Waals surface area (Å²) in [4.78, 5) is 0. The van der Waals surface area contributed by atoms with Gasteiger partial charge in [0.1, 0.15) is 0 Å².